The van der Waals surface area contributed by atoms with Gasteiger partial charge >= 0.3 is 6.03 Å². The Balaban J connectivity index is 1.33. The van der Waals surface area contributed by atoms with E-state index in [1.807, 2.05) is 36.4 Å². The lowest BCUT2D eigenvalue weighted by atomic mass is 9.86. The topological polar surface area (TPSA) is 99.2 Å². The molecule has 2 aliphatic rings. The quantitative estimate of drug-likeness (QED) is 0.386. The molecule has 7 heteroatoms. The van der Waals surface area contributed by atoms with Crippen LogP contribution in [0.1, 0.15) is 29.7 Å². The van der Waals surface area contributed by atoms with Crippen LogP contribution in [0.15, 0.2) is 71.9 Å². The first kappa shape index (κ1) is 19.4. The largest absolute Gasteiger partial charge is 0.341 e. The molecule has 0 fully saturated rings. The number of hydrogen-bond donors (Lipinski definition) is 3. The molecule has 1 aliphatic carbocycles. The molecular weight excluding hydrogens is 414 g/mol. The average Bonchev–Trinajstić information content (AvgIpc) is 3.41. The van der Waals surface area contributed by atoms with Gasteiger partial charge in [-0.15, -0.1) is 0 Å². The fourth-order valence-electron chi connectivity index (χ4n) is 4.94. The summed E-state index contributed by atoms with van der Waals surface area (Å²) >= 11 is 0. The maximum absolute atomic E-state index is 13.4. The van der Waals surface area contributed by atoms with E-state index in [-0.39, 0.29) is 5.91 Å². The fraction of sp³-hybridized carbons (Fsp3) is 0.154. The lowest BCUT2D eigenvalue weighted by Gasteiger charge is -2.30. The third-order valence-corrected chi connectivity index (χ3v) is 6.51. The predicted molar refractivity (Wildman–Crippen MR) is 127 cm³/mol. The first-order valence-corrected chi connectivity index (χ1v) is 10.9. The minimum Gasteiger partial charge on any atom is -0.328 e. The molecule has 162 valence electrons. The Labute approximate surface area is 189 Å². The van der Waals surface area contributed by atoms with Crippen molar-refractivity contribution in [2.75, 3.05) is 5.32 Å². The standard InChI is InChI=1S/C26H21N5O2/c1-14-23(25(32)29-19-7-9-22-18(12-19)13-27-31-22)24(30-26(33)28-14)16-6-8-21-17(11-16)10-15-4-2-3-5-20(15)21/h2-9,11-13,23-24H,10H2,1H3,(H,27,31)(H,29,32)(H,30,33). The normalized spacial score (nSPS) is 18.9. The van der Waals surface area contributed by atoms with Crippen molar-refractivity contribution < 1.29 is 9.59 Å². The first-order valence-electron chi connectivity index (χ1n) is 10.9. The van der Waals surface area contributed by atoms with Crippen LogP contribution in [0.5, 0.6) is 0 Å². The molecule has 2 heterocycles. The zero-order chi connectivity index (χ0) is 22.5. The third-order valence-electron chi connectivity index (χ3n) is 6.51. The maximum Gasteiger partial charge on any atom is 0.341 e. The summed E-state index contributed by atoms with van der Waals surface area (Å²) in [6, 6.07) is 19.2. The van der Waals surface area contributed by atoms with Crippen LogP contribution in [0.3, 0.4) is 0 Å². The smallest absolute Gasteiger partial charge is 0.328 e. The number of aromatic amines is 1. The van der Waals surface area contributed by atoms with Crippen molar-refractivity contribution in [2.45, 2.75) is 19.4 Å². The van der Waals surface area contributed by atoms with E-state index in [9.17, 15) is 9.59 Å². The molecule has 1 aromatic heterocycles. The Morgan fingerprint density at radius 3 is 2.79 bits per heavy atom. The van der Waals surface area contributed by atoms with E-state index < -0.39 is 18.0 Å². The number of benzene rings is 3. The molecule has 0 saturated carbocycles. The highest BCUT2D eigenvalue weighted by atomic mass is 16.2. The van der Waals surface area contributed by atoms with E-state index in [4.69, 9.17) is 0 Å². The van der Waals surface area contributed by atoms with Gasteiger partial charge in [-0.2, -0.15) is 5.10 Å². The molecule has 2 unspecified atom stereocenters. The molecule has 6 rings (SSSR count). The van der Waals surface area contributed by atoms with E-state index >= 15 is 0 Å². The van der Waals surface area contributed by atoms with Crippen molar-refractivity contribution in [1.82, 2.24) is 15.5 Å². The van der Waals surface area contributed by atoms with Gasteiger partial charge < -0.3 is 10.6 Å². The number of H-pyrrole nitrogens is 1. The zero-order valence-electron chi connectivity index (χ0n) is 17.9. The minimum absolute atomic E-state index is 0.215. The molecule has 7 nitrogen and oxygen atoms in total. The number of fused-ring (bicyclic) bond motifs is 4. The van der Waals surface area contributed by atoms with Gasteiger partial charge in [-0.1, -0.05) is 42.5 Å². The summed E-state index contributed by atoms with van der Waals surface area (Å²) in [4.78, 5) is 29.7. The average molecular weight is 435 g/mol. The van der Waals surface area contributed by atoms with Crippen molar-refractivity contribution in [1.29, 1.82) is 0 Å². The van der Waals surface area contributed by atoms with Gasteiger partial charge in [0.15, 0.2) is 0 Å². The van der Waals surface area contributed by atoms with Crippen LogP contribution in [-0.4, -0.2) is 27.8 Å². The summed E-state index contributed by atoms with van der Waals surface area (Å²) < 4.78 is 0. The third kappa shape index (κ3) is 3.29. The van der Waals surface area contributed by atoms with Gasteiger partial charge in [-0.05, 0) is 59.4 Å². The number of anilines is 1. The molecule has 0 saturated heterocycles. The monoisotopic (exact) mass is 435 g/mol. The molecule has 0 bridgehead atoms. The number of hydrogen-bond acceptors (Lipinski definition) is 3. The highest BCUT2D eigenvalue weighted by Crippen LogP contribution is 2.39. The zero-order valence-corrected chi connectivity index (χ0v) is 17.9. The second kappa shape index (κ2) is 7.41. The van der Waals surface area contributed by atoms with Crippen LogP contribution in [0, 0.1) is 5.92 Å². The molecule has 4 aromatic rings. The summed E-state index contributed by atoms with van der Waals surface area (Å²) in [5.41, 5.74) is 7.90. The van der Waals surface area contributed by atoms with Crippen molar-refractivity contribution in [3.63, 3.8) is 0 Å². The second-order valence-corrected chi connectivity index (χ2v) is 8.57. The van der Waals surface area contributed by atoms with Crippen LogP contribution >= 0.6 is 0 Å². The van der Waals surface area contributed by atoms with Crippen LogP contribution < -0.4 is 10.6 Å². The van der Waals surface area contributed by atoms with E-state index in [1.54, 1.807) is 13.1 Å². The Morgan fingerprint density at radius 1 is 1.03 bits per heavy atom. The molecule has 3 aromatic carbocycles. The number of carbonyl (C=O) groups is 2. The van der Waals surface area contributed by atoms with E-state index in [0.29, 0.717) is 11.4 Å². The highest BCUT2D eigenvalue weighted by molar-refractivity contribution is 6.13. The lowest BCUT2D eigenvalue weighted by molar-refractivity contribution is -0.118. The highest BCUT2D eigenvalue weighted by Gasteiger charge is 2.37. The number of aromatic nitrogens is 2. The Hall–Kier alpha value is -4.26. The summed E-state index contributed by atoms with van der Waals surface area (Å²) in [6.07, 6.45) is 2.55. The van der Waals surface area contributed by atoms with Crippen molar-refractivity contribution >= 4 is 34.2 Å². The molecule has 0 spiro atoms. The van der Waals surface area contributed by atoms with Crippen LogP contribution in [0.2, 0.25) is 0 Å². The molecular formula is C26H21N5O2. The summed E-state index contributed by atoms with van der Waals surface area (Å²) in [6.45, 7) is 1.73. The van der Waals surface area contributed by atoms with Crippen molar-refractivity contribution in [3.8, 4) is 11.1 Å². The second-order valence-electron chi connectivity index (χ2n) is 8.57. The van der Waals surface area contributed by atoms with Crippen molar-refractivity contribution in [3.05, 3.63) is 83.6 Å². The molecule has 1 aliphatic heterocycles. The van der Waals surface area contributed by atoms with E-state index in [2.05, 4.69) is 50.1 Å². The van der Waals surface area contributed by atoms with Crippen LogP contribution in [0.25, 0.3) is 22.0 Å². The van der Waals surface area contributed by atoms with Gasteiger partial charge in [0, 0.05) is 16.8 Å². The number of nitrogens with one attached hydrogen (secondary N) is 3. The number of nitrogens with zero attached hydrogens (tertiary/aromatic N) is 2. The van der Waals surface area contributed by atoms with Crippen LogP contribution in [-0.2, 0) is 11.2 Å². The van der Waals surface area contributed by atoms with Crippen LogP contribution in [0.4, 0.5) is 10.5 Å². The van der Waals surface area contributed by atoms with E-state index in [0.717, 1.165) is 22.9 Å². The first-order chi connectivity index (χ1) is 16.1. The number of carbonyl (C=O) groups excluding carboxylic acids is 2. The SMILES string of the molecule is CC1=NC(=O)NC(c2ccc3c(c2)Cc2ccccc2-3)C1C(=O)Nc1ccc2[nH]ncc2c1. The van der Waals surface area contributed by atoms with Gasteiger partial charge in [0.1, 0.15) is 5.92 Å². The molecule has 2 atom stereocenters. The van der Waals surface area contributed by atoms with Gasteiger partial charge in [-0.3, -0.25) is 9.89 Å². The molecule has 0 radical (unpaired) electrons. The predicted octanol–water partition coefficient (Wildman–Crippen LogP) is 4.61. The molecule has 3 N–H and O–H groups in total. The van der Waals surface area contributed by atoms with Gasteiger partial charge in [0.2, 0.25) is 5.91 Å². The van der Waals surface area contributed by atoms with Crippen molar-refractivity contribution in [2.24, 2.45) is 10.9 Å². The molecule has 33 heavy (non-hydrogen) atoms. The summed E-state index contributed by atoms with van der Waals surface area (Å²) in [7, 11) is 0. The summed E-state index contributed by atoms with van der Waals surface area (Å²) in [5.74, 6) is -0.836. The number of aliphatic imine (C=N–C) groups is 1. The Bertz CT molecular complexity index is 1470. The van der Waals surface area contributed by atoms with Gasteiger partial charge in [0.25, 0.3) is 0 Å². The lowest BCUT2D eigenvalue weighted by Crippen LogP contribution is -2.45. The van der Waals surface area contributed by atoms with Gasteiger partial charge in [-0.25, -0.2) is 9.79 Å². The Morgan fingerprint density at radius 2 is 1.88 bits per heavy atom. The molecule has 3 amide bonds. The van der Waals surface area contributed by atoms with Gasteiger partial charge in [0.05, 0.1) is 17.8 Å². The van der Waals surface area contributed by atoms with E-state index in [1.165, 1.54) is 22.3 Å². The minimum atomic E-state index is -0.621. The number of urea groups is 1. The Kier molecular flexibility index (Phi) is 4.36. The fourth-order valence-corrected chi connectivity index (χ4v) is 4.94. The number of rotatable bonds is 3. The maximum atomic E-state index is 13.4. The summed E-state index contributed by atoms with van der Waals surface area (Å²) in [5, 5.41) is 13.7. The number of amides is 3.